The molecular formula is C40H38N12O4. The molecule has 16 nitrogen and oxygen atoms in total. The van der Waals surface area contributed by atoms with Crippen LogP contribution in [0.25, 0.3) is 89.7 Å². The SMILES string of the molecule is NCCOc1ccc2c(c1)-c1nc-2nc2[nH]c(nc3nc(nc4[nH]c(n1)c1ccc(OCCN)cc41)-c1ccc(OCCN)cc1-3)c1ccc(OCCN)cc21. The lowest BCUT2D eigenvalue weighted by atomic mass is 10.1. The molecule has 3 aromatic heterocycles. The first kappa shape index (κ1) is 35.0. The molecule has 0 saturated heterocycles. The first-order valence-corrected chi connectivity index (χ1v) is 18.2. The van der Waals surface area contributed by atoms with Crippen LogP contribution >= 0.6 is 0 Å². The second-order valence-corrected chi connectivity index (χ2v) is 13.0. The zero-order chi connectivity index (χ0) is 38.2. The highest BCUT2D eigenvalue weighted by molar-refractivity contribution is 6.07. The quantitative estimate of drug-likeness (QED) is 0.102. The van der Waals surface area contributed by atoms with Gasteiger partial charge in [-0.3, -0.25) is 0 Å². The zero-order valence-electron chi connectivity index (χ0n) is 30.2. The summed E-state index contributed by atoms with van der Waals surface area (Å²) in [5.74, 6) is 4.28. The molecule has 16 heteroatoms. The lowest BCUT2D eigenvalue weighted by Gasteiger charge is -2.06. The van der Waals surface area contributed by atoms with Crippen molar-refractivity contribution < 1.29 is 18.9 Å². The molecule has 2 aliphatic rings. The molecule has 2 aliphatic heterocycles. The van der Waals surface area contributed by atoms with Crippen molar-refractivity contribution in [2.24, 2.45) is 22.9 Å². The summed E-state index contributed by atoms with van der Waals surface area (Å²) in [6.45, 7) is 2.91. The lowest BCUT2D eigenvalue weighted by molar-refractivity contribution is 0.328. The molecule has 0 aliphatic carbocycles. The third-order valence-electron chi connectivity index (χ3n) is 9.26. The molecule has 0 atom stereocenters. The summed E-state index contributed by atoms with van der Waals surface area (Å²) >= 11 is 0. The highest BCUT2D eigenvalue weighted by atomic mass is 16.5. The van der Waals surface area contributed by atoms with Crippen LogP contribution in [0.5, 0.6) is 23.0 Å². The predicted molar refractivity (Wildman–Crippen MR) is 214 cm³/mol. The second-order valence-electron chi connectivity index (χ2n) is 13.0. The van der Waals surface area contributed by atoms with Crippen LogP contribution < -0.4 is 41.9 Å². The van der Waals surface area contributed by atoms with Gasteiger partial charge in [-0.05, 0) is 72.8 Å². The van der Waals surface area contributed by atoms with Gasteiger partial charge in [-0.2, -0.15) is 0 Å². The molecule has 0 saturated carbocycles. The topological polar surface area (TPSA) is 250 Å². The summed E-state index contributed by atoms with van der Waals surface area (Å²) in [6, 6.07) is 22.8. The van der Waals surface area contributed by atoms with Crippen LogP contribution in [-0.4, -0.2) is 92.5 Å². The van der Waals surface area contributed by atoms with E-state index in [2.05, 4.69) is 9.97 Å². The van der Waals surface area contributed by atoms with Gasteiger partial charge in [-0.1, -0.05) is 0 Å². The molecule has 282 valence electrons. The molecular weight excluding hydrogens is 713 g/mol. The molecule has 5 heterocycles. The Kier molecular flexibility index (Phi) is 9.28. The fourth-order valence-corrected chi connectivity index (χ4v) is 6.78. The van der Waals surface area contributed by atoms with Crippen molar-refractivity contribution in [3.05, 3.63) is 72.8 Å². The molecule has 4 aromatic carbocycles. The number of rotatable bonds is 12. The summed E-state index contributed by atoms with van der Waals surface area (Å²) in [5, 5.41) is 3.11. The van der Waals surface area contributed by atoms with Crippen LogP contribution in [0, 0.1) is 0 Å². The van der Waals surface area contributed by atoms with Gasteiger partial charge in [0.2, 0.25) is 0 Å². The lowest BCUT2D eigenvalue weighted by Crippen LogP contribution is -2.10. The minimum Gasteiger partial charge on any atom is -0.492 e. The number of hydrogen-bond donors (Lipinski definition) is 6. The maximum Gasteiger partial charge on any atom is 0.164 e. The number of nitrogens with one attached hydrogen (secondary N) is 2. The number of fused-ring (bicyclic) bond motifs is 20. The number of nitrogens with zero attached hydrogens (tertiary/aromatic N) is 6. The molecule has 8 bridgehead atoms. The van der Waals surface area contributed by atoms with Crippen LogP contribution in [-0.2, 0) is 0 Å². The van der Waals surface area contributed by atoms with Gasteiger partial charge in [-0.25, -0.2) is 29.9 Å². The van der Waals surface area contributed by atoms with Gasteiger partial charge in [0.25, 0.3) is 0 Å². The monoisotopic (exact) mass is 750 g/mol. The Hall–Kier alpha value is -6.72. The van der Waals surface area contributed by atoms with Crippen molar-refractivity contribution in [2.45, 2.75) is 0 Å². The van der Waals surface area contributed by atoms with E-state index in [4.69, 9.17) is 71.8 Å². The summed E-state index contributed by atoms with van der Waals surface area (Å²) in [6.07, 6.45) is 0. The van der Waals surface area contributed by atoms with E-state index in [1.165, 1.54) is 0 Å². The number of aromatic nitrogens is 8. The largest absolute Gasteiger partial charge is 0.492 e. The molecule has 7 aromatic rings. The fraction of sp³-hybridized carbons (Fsp3) is 0.200. The highest BCUT2D eigenvalue weighted by Gasteiger charge is 2.24. The van der Waals surface area contributed by atoms with Crippen molar-refractivity contribution in [2.75, 3.05) is 52.6 Å². The van der Waals surface area contributed by atoms with Gasteiger partial charge >= 0.3 is 0 Å². The number of H-pyrrole nitrogens is 2. The minimum absolute atomic E-state index is 0.355. The third kappa shape index (κ3) is 6.45. The highest BCUT2D eigenvalue weighted by Crippen LogP contribution is 2.40. The van der Waals surface area contributed by atoms with E-state index in [9.17, 15) is 0 Å². The Morgan fingerprint density at radius 1 is 0.357 bits per heavy atom. The number of aromatic amines is 2. The second kappa shape index (κ2) is 14.8. The zero-order valence-corrected chi connectivity index (χ0v) is 30.2. The Bertz CT molecular complexity index is 2610. The molecule has 0 radical (unpaired) electrons. The molecule has 9 rings (SSSR count). The van der Waals surface area contributed by atoms with E-state index < -0.39 is 0 Å². The van der Waals surface area contributed by atoms with Crippen LogP contribution in [0.2, 0.25) is 0 Å². The van der Waals surface area contributed by atoms with Gasteiger partial charge in [0.1, 0.15) is 72.0 Å². The fourth-order valence-electron chi connectivity index (χ4n) is 6.78. The first-order chi connectivity index (χ1) is 27.5. The Labute approximate surface area is 319 Å². The van der Waals surface area contributed by atoms with Crippen molar-refractivity contribution >= 4 is 44.1 Å². The average Bonchev–Trinajstić information content (AvgIpc) is 3.95. The minimum atomic E-state index is 0.355. The number of ether oxygens (including phenoxy) is 4. The Morgan fingerprint density at radius 2 is 0.679 bits per heavy atom. The summed E-state index contributed by atoms with van der Waals surface area (Å²) < 4.78 is 23.7. The van der Waals surface area contributed by atoms with E-state index in [0.717, 1.165) is 43.8 Å². The van der Waals surface area contributed by atoms with E-state index in [1.54, 1.807) is 0 Å². The average molecular weight is 751 g/mol. The standard InChI is InChI=1S/C40H38N12O4/c41-9-13-53-21-1-5-25-29(17-21)37-45-33(25)49-38-30-18-22(54-14-10-42)2-6-26(30)35(46-38)51-40-32-20-24(56-16-12-44)4-8-28(32)36(48-40)52-39-31-19-23(55-15-11-43)3-7-27(31)34(47-39)50-37/h1-8,17-20H,9-16,41-44H2,(H2,45,46,47,48,49,50,51,52). The summed E-state index contributed by atoms with van der Waals surface area (Å²) in [5.41, 5.74) is 28.1. The van der Waals surface area contributed by atoms with E-state index in [1.807, 2.05) is 72.8 Å². The van der Waals surface area contributed by atoms with Crippen LogP contribution in [0.4, 0.5) is 0 Å². The molecule has 0 unspecified atom stereocenters. The molecule has 0 amide bonds. The first-order valence-electron chi connectivity index (χ1n) is 18.2. The van der Waals surface area contributed by atoms with Crippen molar-refractivity contribution in [1.82, 2.24) is 39.9 Å². The van der Waals surface area contributed by atoms with Gasteiger partial charge in [0.05, 0.1) is 0 Å². The van der Waals surface area contributed by atoms with Crippen molar-refractivity contribution in [3.63, 3.8) is 0 Å². The third-order valence-corrected chi connectivity index (χ3v) is 9.26. The number of nitrogens with two attached hydrogens (primary N) is 4. The van der Waals surface area contributed by atoms with Crippen LogP contribution in [0.3, 0.4) is 0 Å². The smallest absolute Gasteiger partial charge is 0.164 e. The maximum absolute atomic E-state index is 5.92. The van der Waals surface area contributed by atoms with E-state index in [-0.39, 0.29) is 0 Å². The summed E-state index contributed by atoms with van der Waals surface area (Å²) in [4.78, 5) is 37.4. The van der Waals surface area contributed by atoms with Gasteiger partial charge in [-0.15, -0.1) is 0 Å². The summed E-state index contributed by atoms with van der Waals surface area (Å²) in [7, 11) is 0. The molecule has 10 N–H and O–H groups in total. The van der Waals surface area contributed by atoms with Crippen LogP contribution in [0.1, 0.15) is 0 Å². The van der Waals surface area contributed by atoms with E-state index in [0.29, 0.717) is 121 Å². The van der Waals surface area contributed by atoms with E-state index >= 15 is 0 Å². The molecule has 0 fully saturated rings. The van der Waals surface area contributed by atoms with Gasteiger partial charge < -0.3 is 51.9 Å². The Morgan fingerprint density at radius 3 is 1.05 bits per heavy atom. The Balaban J connectivity index is 1.39. The molecule has 0 spiro atoms. The van der Waals surface area contributed by atoms with Crippen LogP contribution in [0.15, 0.2) is 72.8 Å². The van der Waals surface area contributed by atoms with Crippen molar-refractivity contribution in [1.29, 1.82) is 0 Å². The van der Waals surface area contributed by atoms with Crippen molar-refractivity contribution in [3.8, 4) is 68.5 Å². The molecule has 56 heavy (non-hydrogen) atoms. The predicted octanol–water partition coefficient (Wildman–Crippen LogP) is 4.22. The maximum atomic E-state index is 5.92. The van der Waals surface area contributed by atoms with Gasteiger partial charge in [0, 0.05) is 70.0 Å². The number of hydrogen-bond acceptors (Lipinski definition) is 14. The normalized spacial score (nSPS) is 11.8. The van der Waals surface area contributed by atoms with Gasteiger partial charge in [0.15, 0.2) is 23.3 Å². The number of benzene rings is 4.